The maximum absolute atomic E-state index is 6.00. The van der Waals surface area contributed by atoms with Crippen molar-refractivity contribution in [3.63, 3.8) is 0 Å². The third-order valence-electron chi connectivity index (χ3n) is 5.11. The Kier molecular flexibility index (Phi) is 2.69. The van der Waals surface area contributed by atoms with Gasteiger partial charge in [0.05, 0.1) is 18.2 Å². The van der Waals surface area contributed by atoms with Crippen molar-refractivity contribution < 1.29 is 4.74 Å². The number of nitrogens with zero attached hydrogens (tertiary/aromatic N) is 5. The highest BCUT2D eigenvalue weighted by Crippen LogP contribution is 2.43. The fraction of sp³-hybridized carbons (Fsp3) is 0.389. The minimum absolute atomic E-state index is 0.196. The molecule has 0 amide bonds. The van der Waals surface area contributed by atoms with E-state index < -0.39 is 0 Å². The van der Waals surface area contributed by atoms with Crippen molar-refractivity contribution in [1.82, 2.24) is 19.7 Å². The molecule has 6 nitrogen and oxygen atoms in total. The van der Waals surface area contributed by atoms with Gasteiger partial charge in [0.2, 0.25) is 0 Å². The molecule has 2 aliphatic heterocycles. The standard InChI is InChI=1S/C18H19N5O/c1-12-20-16-14(8-19-22(16)2)17(21-12)23-9-18(10-23)7-13-5-3-4-6-15(13)24-11-18/h3-6,8H,7,9-11H2,1-2H3. The molecule has 0 bridgehead atoms. The molecule has 24 heavy (non-hydrogen) atoms. The molecule has 3 aromatic rings. The number of anilines is 1. The maximum Gasteiger partial charge on any atom is 0.163 e. The van der Waals surface area contributed by atoms with Crippen LogP contribution < -0.4 is 9.64 Å². The van der Waals surface area contributed by atoms with E-state index in [4.69, 9.17) is 4.74 Å². The van der Waals surface area contributed by atoms with Gasteiger partial charge in [0.1, 0.15) is 17.4 Å². The molecule has 0 unspecified atom stereocenters. The van der Waals surface area contributed by atoms with Crippen molar-refractivity contribution in [1.29, 1.82) is 0 Å². The van der Waals surface area contributed by atoms with Crippen LogP contribution in [-0.2, 0) is 13.5 Å². The van der Waals surface area contributed by atoms with Crippen molar-refractivity contribution in [3.8, 4) is 5.75 Å². The Morgan fingerprint density at radius 1 is 1.17 bits per heavy atom. The Morgan fingerprint density at radius 2 is 2.00 bits per heavy atom. The largest absolute Gasteiger partial charge is 0.493 e. The Hall–Kier alpha value is -2.63. The highest BCUT2D eigenvalue weighted by atomic mass is 16.5. The quantitative estimate of drug-likeness (QED) is 0.687. The number of fused-ring (bicyclic) bond motifs is 2. The lowest BCUT2D eigenvalue weighted by molar-refractivity contribution is 0.0876. The SMILES string of the molecule is Cc1nc(N2CC3(COc4ccccc4C3)C2)c2cnn(C)c2n1. The minimum atomic E-state index is 0.196. The average molecular weight is 321 g/mol. The van der Waals surface area contributed by atoms with Crippen LogP contribution in [0.25, 0.3) is 11.0 Å². The first-order chi connectivity index (χ1) is 11.6. The van der Waals surface area contributed by atoms with Crippen LogP contribution >= 0.6 is 0 Å². The second-order valence-corrected chi connectivity index (χ2v) is 7.03. The summed E-state index contributed by atoms with van der Waals surface area (Å²) in [5.41, 5.74) is 2.40. The number of aryl methyl sites for hydroxylation is 2. The topological polar surface area (TPSA) is 56.1 Å². The zero-order valence-corrected chi connectivity index (χ0v) is 13.9. The van der Waals surface area contributed by atoms with Gasteiger partial charge in [-0.2, -0.15) is 5.10 Å². The summed E-state index contributed by atoms with van der Waals surface area (Å²) in [7, 11) is 1.92. The number of hydrogen-bond donors (Lipinski definition) is 0. The molecular weight excluding hydrogens is 302 g/mol. The van der Waals surface area contributed by atoms with Gasteiger partial charge in [0.15, 0.2) is 5.65 Å². The van der Waals surface area contributed by atoms with Gasteiger partial charge >= 0.3 is 0 Å². The summed E-state index contributed by atoms with van der Waals surface area (Å²) in [6.07, 6.45) is 2.93. The van der Waals surface area contributed by atoms with Gasteiger partial charge in [-0.25, -0.2) is 9.97 Å². The summed E-state index contributed by atoms with van der Waals surface area (Å²) in [6, 6.07) is 8.36. The van der Waals surface area contributed by atoms with Crippen molar-refractivity contribution in [2.75, 3.05) is 24.6 Å². The van der Waals surface area contributed by atoms with Crippen molar-refractivity contribution in [3.05, 3.63) is 41.9 Å². The van der Waals surface area contributed by atoms with Gasteiger partial charge in [0.25, 0.3) is 0 Å². The minimum Gasteiger partial charge on any atom is -0.493 e. The van der Waals surface area contributed by atoms with E-state index in [1.54, 1.807) is 0 Å². The third kappa shape index (κ3) is 1.92. The molecule has 122 valence electrons. The number of aromatic nitrogens is 4. The van der Waals surface area contributed by atoms with Crippen LogP contribution in [0.15, 0.2) is 30.5 Å². The number of para-hydroxylation sites is 1. The first-order valence-electron chi connectivity index (χ1n) is 8.26. The zero-order valence-electron chi connectivity index (χ0n) is 13.9. The van der Waals surface area contributed by atoms with E-state index in [-0.39, 0.29) is 5.41 Å². The summed E-state index contributed by atoms with van der Waals surface area (Å²) < 4.78 is 7.81. The van der Waals surface area contributed by atoms with Crippen LogP contribution in [0.1, 0.15) is 11.4 Å². The van der Waals surface area contributed by atoms with E-state index in [0.29, 0.717) is 0 Å². The van der Waals surface area contributed by atoms with E-state index in [2.05, 4.69) is 38.2 Å². The van der Waals surface area contributed by atoms with Gasteiger partial charge < -0.3 is 9.64 Å². The van der Waals surface area contributed by atoms with Crippen LogP contribution in [0.5, 0.6) is 5.75 Å². The molecule has 2 aliphatic rings. The maximum atomic E-state index is 6.00. The zero-order chi connectivity index (χ0) is 16.3. The van der Waals surface area contributed by atoms with E-state index >= 15 is 0 Å². The highest BCUT2D eigenvalue weighted by Gasteiger charge is 2.47. The number of hydrogen-bond acceptors (Lipinski definition) is 5. The molecule has 1 saturated heterocycles. The molecule has 0 atom stereocenters. The molecule has 0 radical (unpaired) electrons. The normalized spacial score (nSPS) is 18.3. The second-order valence-electron chi connectivity index (χ2n) is 7.03. The van der Waals surface area contributed by atoms with Gasteiger partial charge in [-0.3, -0.25) is 4.68 Å². The fourth-order valence-electron chi connectivity index (χ4n) is 3.95. The molecule has 1 aromatic carbocycles. The molecule has 6 heteroatoms. The van der Waals surface area contributed by atoms with Crippen molar-refractivity contribution in [2.24, 2.45) is 12.5 Å². The molecular formula is C18H19N5O. The molecule has 1 fully saturated rings. The van der Waals surface area contributed by atoms with E-state index in [0.717, 1.165) is 54.5 Å². The summed E-state index contributed by atoms with van der Waals surface area (Å²) in [5.74, 6) is 2.82. The van der Waals surface area contributed by atoms with Gasteiger partial charge in [-0.05, 0) is 25.0 Å². The van der Waals surface area contributed by atoms with Crippen LogP contribution in [0.4, 0.5) is 5.82 Å². The van der Waals surface area contributed by atoms with Crippen LogP contribution in [0, 0.1) is 12.3 Å². The predicted octanol–water partition coefficient (Wildman–Crippen LogP) is 2.11. The Morgan fingerprint density at radius 3 is 2.88 bits per heavy atom. The van der Waals surface area contributed by atoms with Crippen LogP contribution in [0.3, 0.4) is 0 Å². The predicted molar refractivity (Wildman–Crippen MR) is 91.3 cm³/mol. The van der Waals surface area contributed by atoms with E-state index in [1.807, 2.05) is 30.9 Å². The monoisotopic (exact) mass is 321 g/mol. The van der Waals surface area contributed by atoms with Gasteiger partial charge in [0, 0.05) is 25.6 Å². The third-order valence-corrected chi connectivity index (χ3v) is 5.11. The summed E-state index contributed by atoms with van der Waals surface area (Å²) in [5, 5.41) is 5.36. The van der Waals surface area contributed by atoms with Crippen LogP contribution in [0.2, 0.25) is 0 Å². The van der Waals surface area contributed by atoms with E-state index in [9.17, 15) is 0 Å². The Labute approximate surface area is 140 Å². The lowest BCUT2D eigenvalue weighted by atomic mass is 9.74. The van der Waals surface area contributed by atoms with Gasteiger partial charge in [-0.1, -0.05) is 18.2 Å². The summed E-state index contributed by atoms with van der Waals surface area (Å²) >= 11 is 0. The number of ether oxygens (including phenoxy) is 1. The lowest BCUT2D eigenvalue weighted by Gasteiger charge is -2.52. The molecule has 1 spiro atoms. The first-order valence-corrected chi connectivity index (χ1v) is 8.26. The Bertz CT molecular complexity index is 942. The lowest BCUT2D eigenvalue weighted by Crippen LogP contribution is -2.61. The highest BCUT2D eigenvalue weighted by molar-refractivity contribution is 5.87. The fourth-order valence-corrected chi connectivity index (χ4v) is 3.95. The number of benzene rings is 1. The molecule has 4 heterocycles. The second kappa shape index (κ2) is 4.69. The molecule has 0 saturated carbocycles. The summed E-state index contributed by atoms with van der Waals surface area (Å²) in [6.45, 7) is 4.63. The van der Waals surface area contributed by atoms with Gasteiger partial charge in [-0.15, -0.1) is 0 Å². The number of rotatable bonds is 1. The van der Waals surface area contributed by atoms with E-state index in [1.165, 1.54) is 5.56 Å². The summed E-state index contributed by atoms with van der Waals surface area (Å²) in [4.78, 5) is 11.5. The van der Waals surface area contributed by atoms with Crippen molar-refractivity contribution in [2.45, 2.75) is 13.3 Å². The molecule has 0 aliphatic carbocycles. The smallest absolute Gasteiger partial charge is 0.163 e. The van der Waals surface area contributed by atoms with Crippen molar-refractivity contribution >= 4 is 16.9 Å². The average Bonchev–Trinajstić information content (AvgIpc) is 2.93. The van der Waals surface area contributed by atoms with Crippen LogP contribution in [-0.4, -0.2) is 39.4 Å². The first kappa shape index (κ1) is 13.8. The molecule has 5 rings (SSSR count). The molecule has 2 aromatic heterocycles. The Balaban J connectivity index is 1.45. The molecule has 0 N–H and O–H groups in total.